The van der Waals surface area contributed by atoms with E-state index in [9.17, 15) is 13.2 Å². The Hall–Kier alpha value is -1.18. The van der Waals surface area contributed by atoms with Gasteiger partial charge in [0.05, 0.1) is 0 Å². The van der Waals surface area contributed by atoms with Gasteiger partial charge in [-0.15, -0.1) is 0 Å². The quantitative estimate of drug-likeness (QED) is 0.836. The summed E-state index contributed by atoms with van der Waals surface area (Å²) in [6.07, 6.45) is 0. The van der Waals surface area contributed by atoms with Gasteiger partial charge in [0.25, 0.3) is 0 Å². The molecule has 108 valence electrons. The molecule has 1 aromatic heterocycles. The van der Waals surface area contributed by atoms with Crippen LogP contribution in [0.25, 0.3) is 0 Å². The molecule has 0 atom stereocenters. The summed E-state index contributed by atoms with van der Waals surface area (Å²) in [6.45, 7) is 5.96. The Morgan fingerprint density at radius 3 is 2.42 bits per heavy atom. The average Bonchev–Trinajstić information content (AvgIpc) is 2.21. The summed E-state index contributed by atoms with van der Waals surface area (Å²) in [5.41, 5.74) is 1.18. The van der Waals surface area contributed by atoms with Gasteiger partial charge in [-0.3, -0.25) is 0 Å². The topological polar surface area (TPSA) is 63.8 Å². The van der Waals surface area contributed by atoms with Crippen LogP contribution in [0, 0.1) is 0 Å². The summed E-state index contributed by atoms with van der Waals surface area (Å²) in [5, 5.41) is 2.82. The maximum Gasteiger partial charge on any atom is 0.441 e. The molecular formula is C11H17F3N4S. The van der Waals surface area contributed by atoms with E-state index in [2.05, 4.69) is 15.3 Å². The number of aromatic nitrogens is 2. The van der Waals surface area contributed by atoms with Crippen molar-refractivity contribution >= 4 is 23.4 Å². The fourth-order valence-electron chi connectivity index (χ4n) is 1.24. The number of thioether (sulfide) groups is 1. The van der Waals surface area contributed by atoms with Crippen molar-refractivity contribution in [2.75, 3.05) is 23.3 Å². The van der Waals surface area contributed by atoms with Crippen molar-refractivity contribution < 1.29 is 13.2 Å². The van der Waals surface area contributed by atoms with Gasteiger partial charge in [-0.1, -0.05) is 20.8 Å². The highest BCUT2D eigenvalue weighted by molar-refractivity contribution is 8.00. The predicted molar refractivity (Wildman–Crippen MR) is 72.1 cm³/mol. The fourth-order valence-corrected chi connectivity index (χ4v) is 1.67. The van der Waals surface area contributed by atoms with E-state index in [4.69, 9.17) is 5.73 Å². The van der Waals surface area contributed by atoms with Gasteiger partial charge in [-0.05, 0) is 11.8 Å². The molecule has 1 heterocycles. The zero-order valence-electron chi connectivity index (χ0n) is 11.0. The van der Waals surface area contributed by atoms with E-state index in [1.54, 1.807) is 0 Å². The van der Waals surface area contributed by atoms with Crippen LogP contribution in [0.1, 0.15) is 26.6 Å². The lowest BCUT2D eigenvalue weighted by Gasteiger charge is -2.18. The van der Waals surface area contributed by atoms with Crippen molar-refractivity contribution in [1.29, 1.82) is 0 Å². The number of nitrogens with one attached hydrogen (secondary N) is 1. The standard InChI is InChI=1S/C11H17F3N4S/c1-10(2,3)9-17-7(15)6-8(18-9)16-4-5-19-11(12,13)14/h6H,4-5H2,1-3H3,(H3,15,16,17,18). The second kappa shape index (κ2) is 5.85. The molecule has 0 bridgehead atoms. The van der Waals surface area contributed by atoms with E-state index in [-0.39, 0.29) is 29.5 Å². The van der Waals surface area contributed by atoms with Crippen LogP contribution in [-0.4, -0.2) is 27.8 Å². The van der Waals surface area contributed by atoms with E-state index in [0.29, 0.717) is 17.5 Å². The highest BCUT2D eigenvalue weighted by Crippen LogP contribution is 2.29. The molecule has 0 amide bonds. The molecule has 3 N–H and O–H groups in total. The molecule has 0 saturated heterocycles. The number of rotatable bonds is 4. The van der Waals surface area contributed by atoms with E-state index in [0.717, 1.165) is 0 Å². The van der Waals surface area contributed by atoms with Crippen LogP contribution < -0.4 is 11.1 Å². The molecular weight excluding hydrogens is 277 g/mol. The lowest BCUT2D eigenvalue weighted by molar-refractivity contribution is -0.0327. The Morgan fingerprint density at radius 2 is 1.89 bits per heavy atom. The molecule has 0 saturated carbocycles. The summed E-state index contributed by atoms with van der Waals surface area (Å²) >= 11 is -0.0704. The molecule has 0 aliphatic carbocycles. The van der Waals surface area contributed by atoms with E-state index < -0.39 is 5.51 Å². The van der Waals surface area contributed by atoms with Gasteiger partial charge in [0.2, 0.25) is 0 Å². The number of nitrogen functional groups attached to an aromatic ring is 1. The fraction of sp³-hybridized carbons (Fsp3) is 0.636. The van der Waals surface area contributed by atoms with Crippen LogP contribution in [0.2, 0.25) is 0 Å². The first kappa shape index (κ1) is 15.9. The molecule has 4 nitrogen and oxygen atoms in total. The number of hydrogen-bond donors (Lipinski definition) is 2. The highest BCUT2D eigenvalue weighted by atomic mass is 32.2. The SMILES string of the molecule is CC(C)(C)c1nc(N)cc(NCCSC(F)(F)F)n1. The van der Waals surface area contributed by atoms with Crippen molar-refractivity contribution in [3.8, 4) is 0 Å². The Bertz CT molecular complexity index is 429. The largest absolute Gasteiger partial charge is 0.441 e. The number of hydrogen-bond acceptors (Lipinski definition) is 5. The van der Waals surface area contributed by atoms with Crippen LogP contribution in [0.15, 0.2) is 6.07 Å². The molecule has 0 aliphatic heterocycles. The van der Waals surface area contributed by atoms with Crippen molar-refractivity contribution in [2.24, 2.45) is 0 Å². The first-order valence-corrected chi connectivity index (χ1v) is 6.66. The molecule has 0 spiro atoms. The molecule has 19 heavy (non-hydrogen) atoms. The lowest BCUT2D eigenvalue weighted by Crippen LogP contribution is -2.19. The van der Waals surface area contributed by atoms with Crippen LogP contribution in [0.4, 0.5) is 24.8 Å². The summed E-state index contributed by atoms with van der Waals surface area (Å²) < 4.78 is 35.9. The number of alkyl halides is 3. The predicted octanol–water partition coefficient (Wildman–Crippen LogP) is 3.02. The van der Waals surface area contributed by atoms with Gasteiger partial charge in [-0.2, -0.15) is 13.2 Å². The first-order chi connectivity index (χ1) is 8.58. The Kier molecular flexibility index (Phi) is 4.89. The monoisotopic (exact) mass is 294 g/mol. The molecule has 0 fully saturated rings. The number of anilines is 2. The van der Waals surface area contributed by atoms with Crippen molar-refractivity contribution in [3.05, 3.63) is 11.9 Å². The van der Waals surface area contributed by atoms with Gasteiger partial charge in [0.15, 0.2) is 0 Å². The molecule has 0 aliphatic rings. The Balaban J connectivity index is 2.62. The second-order valence-electron chi connectivity index (χ2n) is 4.97. The van der Waals surface area contributed by atoms with E-state index in [1.807, 2.05) is 20.8 Å². The molecule has 8 heteroatoms. The maximum atomic E-state index is 12.0. The molecule has 1 rings (SSSR count). The summed E-state index contributed by atoms with van der Waals surface area (Å²) in [5.74, 6) is 1.21. The molecule has 1 aromatic rings. The highest BCUT2D eigenvalue weighted by Gasteiger charge is 2.27. The van der Waals surface area contributed by atoms with Gasteiger partial charge in [-0.25, -0.2) is 9.97 Å². The maximum absolute atomic E-state index is 12.0. The van der Waals surface area contributed by atoms with Gasteiger partial charge < -0.3 is 11.1 Å². The minimum absolute atomic E-state index is 0.0704. The van der Waals surface area contributed by atoms with Gasteiger partial charge in [0.1, 0.15) is 17.5 Å². The lowest BCUT2D eigenvalue weighted by atomic mass is 9.96. The number of nitrogens with two attached hydrogens (primary N) is 1. The number of nitrogens with zero attached hydrogens (tertiary/aromatic N) is 2. The average molecular weight is 294 g/mol. The second-order valence-corrected chi connectivity index (χ2v) is 6.13. The normalized spacial score (nSPS) is 12.5. The van der Waals surface area contributed by atoms with Crippen LogP contribution >= 0.6 is 11.8 Å². The minimum atomic E-state index is -4.21. The van der Waals surface area contributed by atoms with Crippen LogP contribution in [0.5, 0.6) is 0 Å². The zero-order chi connectivity index (χ0) is 14.7. The van der Waals surface area contributed by atoms with Gasteiger partial charge in [0, 0.05) is 23.8 Å². The Morgan fingerprint density at radius 1 is 1.26 bits per heavy atom. The molecule has 0 unspecified atom stereocenters. The third-order valence-corrected chi connectivity index (χ3v) is 2.83. The smallest absolute Gasteiger partial charge is 0.384 e. The first-order valence-electron chi connectivity index (χ1n) is 5.67. The van der Waals surface area contributed by atoms with Crippen molar-refractivity contribution in [1.82, 2.24) is 9.97 Å². The minimum Gasteiger partial charge on any atom is -0.384 e. The molecule has 0 radical (unpaired) electrons. The van der Waals surface area contributed by atoms with Crippen LogP contribution in [0.3, 0.4) is 0 Å². The van der Waals surface area contributed by atoms with Crippen molar-refractivity contribution in [2.45, 2.75) is 31.7 Å². The van der Waals surface area contributed by atoms with Crippen LogP contribution in [-0.2, 0) is 5.41 Å². The summed E-state index contributed by atoms with van der Waals surface area (Å²) in [6, 6.07) is 1.51. The molecule has 0 aromatic carbocycles. The van der Waals surface area contributed by atoms with E-state index in [1.165, 1.54) is 6.07 Å². The number of halogens is 3. The summed E-state index contributed by atoms with van der Waals surface area (Å²) in [4.78, 5) is 8.36. The van der Waals surface area contributed by atoms with E-state index >= 15 is 0 Å². The third-order valence-electron chi connectivity index (χ3n) is 2.09. The van der Waals surface area contributed by atoms with Crippen molar-refractivity contribution in [3.63, 3.8) is 0 Å². The van der Waals surface area contributed by atoms with Gasteiger partial charge >= 0.3 is 5.51 Å². The summed E-state index contributed by atoms with van der Waals surface area (Å²) in [7, 11) is 0. The third kappa shape index (κ3) is 6.00. The Labute approximate surface area is 114 Å². The zero-order valence-corrected chi connectivity index (χ0v) is 11.8.